The maximum absolute atomic E-state index is 13.0. The number of amides is 1. The quantitative estimate of drug-likeness (QED) is 0.872. The molecule has 1 heterocycles. The molecule has 2 unspecified atom stereocenters. The number of phenols is 1. The molecule has 0 aromatic heterocycles. The van der Waals surface area contributed by atoms with Crippen LogP contribution in [0.15, 0.2) is 18.2 Å². The van der Waals surface area contributed by atoms with Gasteiger partial charge < -0.3 is 20.5 Å². The Balaban J connectivity index is 0.00000208. The summed E-state index contributed by atoms with van der Waals surface area (Å²) in [5.74, 6) is 0.230. The van der Waals surface area contributed by atoms with Gasteiger partial charge in [-0.25, -0.2) is 0 Å². The summed E-state index contributed by atoms with van der Waals surface area (Å²) in [7, 11) is 0. The maximum atomic E-state index is 13.0. The smallest absolute Gasteiger partial charge is 0.243 e. The van der Waals surface area contributed by atoms with Gasteiger partial charge in [0.05, 0.1) is 6.10 Å². The van der Waals surface area contributed by atoms with Gasteiger partial charge in [0.15, 0.2) is 0 Å². The Bertz CT molecular complexity index is 635. The summed E-state index contributed by atoms with van der Waals surface area (Å²) in [6, 6.07) is 5.37. The van der Waals surface area contributed by atoms with Crippen LogP contribution in [-0.2, 0) is 22.5 Å². The van der Waals surface area contributed by atoms with Crippen molar-refractivity contribution in [1.82, 2.24) is 4.90 Å². The van der Waals surface area contributed by atoms with E-state index in [0.29, 0.717) is 26.1 Å². The van der Waals surface area contributed by atoms with Gasteiger partial charge in [-0.05, 0) is 36.6 Å². The van der Waals surface area contributed by atoms with Crippen LogP contribution in [0.3, 0.4) is 0 Å². The predicted octanol–water partition coefficient (Wildman–Crippen LogP) is 2.23. The number of carbonyl (C=O) groups excluding carboxylic acids is 1. The summed E-state index contributed by atoms with van der Waals surface area (Å²) in [4.78, 5) is 14.9. The van der Waals surface area contributed by atoms with Gasteiger partial charge in [0.25, 0.3) is 0 Å². The molecule has 3 N–H and O–H groups in total. The van der Waals surface area contributed by atoms with Crippen molar-refractivity contribution in [2.45, 2.75) is 51.8 Å². The SMILES string of the molecule is CCOC1CC(N)(C(=O)N2CCc3ccc(O)cc3C2)C1(C)C.Cl. The fraction of sp³-hybridized carbons (Fsp3) is 0.611. The normalized spacial score (nSPS) is 27.7. The Kier molecular flexibility index (Phi) is 5.19. The number of hydrogen-bond donors (Lipinski definition) is 2. The first kappa shape index (κ1) is 19.0. The zero-order valence-corrected chi connectivity index (χ0v) is 15.4. The lowest BCUT2D eigenvalue weighted by Gasteiger charge is -2.58. The molecule has 2 atom stereocenters. The van der Waals surface area contributed by atoms with Crippen LogP contribution in [0, 0.1) is 5.41 Å². The van der Waals surface area contributed by atoms with Crippen LogP contribution < -0.4 is 5.73 Å². The van der Waals surface area contributed by atoms with Gasteiger partial charge in [-0.3, -0.25) is 4.79 Å². The van der Waals surface area contributed by atoms with Gasteiger partial charge in [-0.15, -0.1) is 12.4 Å². The van der Waals surface area contributed by atoms with Crippen molar-refractivity contribution in [3.63, 3.8) is 0 Å². The van der Waals surface area contributed by atoms with E-state index in [1.54, 1.807) is 12.1 Å². The third-order valence-corrected chi connectivity index (χ3v) is 5.70. The molecule has 3 rings (SSSR count). The minimum Gasteiger partial charge on any atom is -0.508 e. The van der Waals surface area contributed by atoms with Crippen LogP contribution in [0.4, 0.5) is 0 Å². The average molecular weight is 355 g/mol. The first-order valence-electron chi connectivity index (χ1n) is 8.30. The van der Waals surface area contributed by atoms with Crippen molar-refractivity contribution in [3.05, 3.63) is 29.3 Å². The number of halogens is 1. The lowest BCUT2D eigenvalue weighted by Crippen LogP contribution is -2.76. The van der Waals surface area contributed by atoms with Crippen LogP contribution in [0.2, 0.25) is 0 Å². The highest BCUT2D eigenvalue weighted by Crippen LogP contribution is 2.50. The van der Waals surface area contributed by atoms with Crippen molar-refractivity contribution >= 4 is 18.3 Å². The monoisotopic (exact) mass is 354 g/mol. The Hall–Kier alpha value is -1.30. The second kappa shape index (κ2) is 6.54. The largest absolute Gasteiger partial charge is 0.508 e. The fourth-order valence-electron chi connectivity index (χ4n) is 3.80. The number of rotatable bonds is 3. The molecule has 5 nitrogen and oxygen atoms in total. The molecule has 1 aromatic carbocycles. The molecule has 6 heteroatoms. The third-order valence-electron chi connectivity index (χ3n) is 5.70. The minimum absolute atomic E-state index is 0. The molecule has 1 fully saturated rings. The summed E-state index contributed by atoms with van der Waals surface area (Å²) < 4.78 is 5.71. The van der Waals surface area contributed by atoms with Crippen molar-refractivity contribution < 1.29 is 14.6 Å². The second-order valence-electron chi connectivity index (χ2n) is 7.27. The van der Waals surface area contributed by atoms with E-state index in [9.17, 15) is 9.90 Å². The summed E-state index contributed by atoms with van der Waals surface area (Å²) in [6.07, 6.45) is 1.39. The van der Waals surface area contributed by atoms with Gasteiger partial charge in [0.1, 0.15) is 11.3 Å². The lowest BCUT2D eigenvalue weighted by atomic mass is 9.54. The Morgan fingerprint density at radius 3 is 2.75 bits per heavy atom. The van der Waals surface area contributed by atoms with Gasteiger partial charge in [0, 0.05) is 31.5 Å². The minimum atomic E-state index is -0.874. The van der Waals surface area contributed by atoms with Crippen LogP contribution in [-0.4, -0.2) is 40.7 Å². The van der Waals surface area contributed by atoms with Gasteiger partial charge in [0.2, 0.25) is 5.91 Å². The number of fused-ring (bicyclic) bond motifs is 1. The molecular weight excluding hydrogens is 328 g/mol. The third kappa shape index (κ3) is 2.79. The summed E-state index contributed by atoms with van der Waals surface area (Å²) in [5.41, 5.74) is 7.45. The van der Waals surface area contributed by atoms with Gasteiger partial charge >= 0.3 is 0 Å². The number of hydrogen-bond acceptors (Lipinski definition) is 4. The number of aromatic hydroxyl groups is 1. The average Bonchev–Trinajstić information content (AvgIpc) is 2.53. The highest BCUT2D eigenvalue weighted by molar-refractivity contribution is 5.89. The number of nitrogens with zero attached hydrogens (tertiary/aromatic N) is 1. The molecule has 1 aliphatic carbocycles. The van der Waals surface area contributed by atoms with E-state index in [1.807, 2.05) is 31.7 Å². The van der Waals surface area contributed by atoms with Crippen molar-refractivity contribution in [2.75, 3.05) is 13.2 Å². The van der Waals surface area contributed by atoms with E-state index in [-0.39, 0.29) is 35.6 Å². The molecule has 0 bridgehead atoms. The number of ether oxygens (including phenoxy) is 1. The zero-order chi connectivity index (χ0) is 16.8. The molecule has 1 amide bonds. The highest BCUT2D eigenvalue weighted by atomic mass is 35.5. The van der Waals surface area contributed by atoms with E-state index >= 15 is 0 Å². The van der Waals surface area contributed by atoms with E-state index in [0.717, 1.165) is 12.0 Å². The van der Waals surface area contributed by atoms with Gasteiger partial charge in [-0.2, -0.15) is 0 Å². The Morgan fingerprint density at radius 2 is 2.12 bits per heavy atom. The summed E-state index contributed by atoms with van der Waals surface area (Å²) in [5, 5.41) is 9.66. The van der Waals surface area contributed by atoms with Crippen molar-refractivity contribution in [3.8, 4) is 5.75 Å². The number of phenolic OH excluding ortho intramolecular Hbond substituents is 1. The van der Waals surface area contributed by atoms with Crippen molar-refractivity contribution in [1.29, 1.82) is 0 Å². The molecule has 0 saturated heterocycles. The zero-order valence-electron chi connectivity index (χ0n) is 14.5. The first-order valence-corrected chi connectivity index (χ1v) is 8.30. The molecule has 0 radical (unpaired) electrons. The molecule has 1 aliphatic heterocycles. The number of carbonyl (C=O) groups is 1. The molecule has 24 heavy (non-hydrogen) atoms. The van der Waals surface area contributed by atoms with Gasteiger partial charge in [-0.1, -0.05) is 19.9 Å². The maximum Gasteiger partial charge on any atom is 0.243 e. The van der Waals surface area contributed by atoms with E-state index in [4.69, 9.17) is 10.5 Å². The first-order chi connectivity index (χ1) is 10.8. The van der Waals surface area contributed by atoms with E-state index in [1.165, 1.54) is 5.56 Å². The van der Waals surface area contributed by atoms with Crippen molar-refractivity contribution in [2.24, 2.45) is 11.1 Å². The van der Waals surface area contributed by atoms with Crippen LogP contribution in [0.1, 0.15) is 38.3 Å². The molecule has 0 spiro atoms. The second-order valence-corrected chi connectivity index (χ2v) is 7.27. The number of benzene rings is 1. The Morgan fingerprint density at radius 1 is 1.42 bits per heavy atom. The molecule has 134 valence electrons. The summed E-state index contributed by atoms with van der Waals surface area (Å²) >= 11 is 0. The highest BCUT2D eigenvalue weighted by Gasteiger charge is 2.63. The lowest BCUT2D eigenvalue weighted by molar-refractivity contribution is -0.180. The van der Waals surface area contributed by atoms with Crippen LogP contribution in [0.5, 0.6) is 5.75 Å². The molecule has 1 aromatic rings. The molecular formula is C18H27ClN2O3. The predicted molar refractivity (Wildman–Crippen MR) is 95.2 cm³/mol. The van der Waals surface area contributed by atoms with Crippen LogP contribution in [0.25, 0.3) is 0 Å². The van der Waals surface area contributed by atoms with E-state index < -0.39 is 5.54 Å². The van der Waals surface area contributed by atoms with E-state index in [2.05, 4.69) is 0 Å². The standard InChI is InChI=1S/C18H26N2O3.ClH/c1-4-23-15-10-18(19,17(15,2)3)16(22)20-8-7-12-5-6-14(21)9-13(12)11-20;/h5-6,9,15,21H,4,7-8,10-11,19H2,1-3H3;1H. The topological polar surface area (TPSA) is 75.8 Å². The number of nitrogens with two attached hydrogens (primary N) is 1. The fourth-order valence-corrected chi connectivity index (χ4v) is 3.80. The molecule has 1 saturated carbocycles. The van der Waals surface area contributed by atoms with Crippen LogP contribution >= 0.6 is 12.4 Å². The molecule has 2 aliphatic rings. The Labute approximate surface area is 149 Å². The summed E-state index contributed by atoms with van der Waals surface area (Å²) in [6.45, 7) is 7.80.